The second-order valence-corrected chi connectivity index (χ2v) is 30.5. The van der Waals surface area contributed by atoms with Crippen LogP contribution in [0.3, 0.4) is 0 Å². The summed E-state index contributed by atoms with van der Waals surface area (Å²) in [5.74, 6) is -9.60. The lowest BCUT2D eigenvalue weighted by atomic mass is 9.93. The minimum absolute atomic E-state index is 0.0350. The minimum Gasteiger partial charge on any atom is -0.478 e. The third-order valence-corrected chi connectivity index (χ3v) is 19.9. The molecule has 0 radical (unpaired) electrons. The van der Waals surface area contributed by atoms with Crippen molar-refractivity contribution in [3.05, 3.63) is 35.4 Å². The number of hydrogen-bond acceptors (Lipinski definition) is 15. The van der Waals surface area contributed by atoms with Crippen LogP contribution in [0.4, 0.5) is 4.79 Å². The molecule has 13 amide bonds. The molecule has 7 N–H and O–H groups in total. The van der Waals surface area contributed by atoms with Crippen LogP contribution in [-0.2, 0) is 47.9 Å². The monoisotopic (exact) mass is 1440 g/mol. The van der Waals surface area contributed by atoms with E-state index in [0.29, 0.717) is 43.5 Å². The van der Waals surface area contributed by atoms with Crippen LogP contribution in [0.5, 0.6) is 0 Å². The summed E-state index contributed by atoms with van der Waals surface area (Å²) in [6.45, 7) is 24.8. The van der Waals surface area contributed by atoms with Crippen LogP contribution < -0.4 is 26.6 Å². The molecule has 11 atom stereocenters. The number of nitrogens with one attached hydrogen (secondary N) is 5. The van der Waals surface area contributed by atoms with Gasteiger partial charge in [-0.1, -0.05) is 115 Å². The van der Waals surface area contributed by atoms with Gasteiger partial charge in [0, 0.05) is 73.8 Å². The highest BCUT2D eigenvalue weighted by molar-refractivity contribution is 7.99. The lowest BCUT2D eigenvalue weighted by Crippen LogP contribution is -2.62. The highest BCUT2D eigenvalue weighted by atomic mass is 32.2. The fourth-order valence-electron chi connectivity index (χ4n) is 12.4. The lowest BCUT2D eigenvalue weighted by molar-refractivity contribution is -0.150. The van der Waals surface area contributed by atoms with E-state index in [0.717, 1.165) is 40.4 Å². The Labute approximate surface area is 605 Å². The predicted molar refractivity (Wildman–Crippen MR) is 391 cm³/mol. The Morgan fingerprint density at radius 1 is 0.485 bits per heavy atom. The average molecular weight is 1440 g/mol. The number of carbonyl (C=O) groups is 13. The Balaban J connectivity index is 2.87. The maximum Gasteiger partial charge on any atom is 0.335 e. The van der Waals surface area contributed by atoms with Crippen LogP contribution in [0, 0.1) is 35.5 Å². The number of imide groups is 1. The number of benzene rings is 1. The molecule has 0 spiro atoms. The Bertz CT molecular complexity index is 2930. The smallest absolute Gasteiger partial charge is 0.335 e. The number of aliphatic hydroxyl groups is 1. The molecule has 572 valence electrons. The van der Waals surface area contributed by atoms with Gasteiger partial charge < -0.3 is 66.2 Å². The molecule has 28 heteroatoms. The van der Waals surface area contributed by atoms with Crippen molar-refractivity contribution >= 4 is 88.7 Å². The fraction of sp³-hybridized carbons (Fsp3) is 0.740. The molecule has 27 nitrogen and oxygen atoms in total. The average Bonchev–Trinajstić information content (AvgIpc) is 0.814. The predicted octanol–water partition coefficient (Wildman–Crippen LogP) is 5.85. The zero-order valence-corrected chi connectivity index (χ0v) is 65.1. The number of hydrogen-bond donors (Lipinski definition) is 7. The van der Waals surface area contributed by atoms with Crippen molar-refractivity contribution in [2.24, 2.45) is 35.5 Å². The van der Waals surface area contributed by atoms with E-state index in [1.807, 2.05) is 48.5 Å². The summed E-state index contributed by atoms with van der Waals surface area (Å²) in [4.78, 5) is 195. The summed E-state index contributed by atoms with van der Waals surface area (Å²) in [6, 6.07) is -7.58. The van der Waals surface area contributed by atoms with E-state index in [1.165, 1.54) is 119 Å². The van der Waals surface area contributed by atoms with Gasteiger partial charge in [0.1, 0.15) is 60.4 Å². The fourth-order valence-corrected chi connectivity index (χ4v) is 13.5. The lowest BCUT2D eigenvalue weighted by Gasteiger charge is -2.39. The van der Waals surface area contributed by atoms with E-state index < -0.39 is 143 Å². The van der Waals surface area contributed by atoms with Crippen LogP contribution in [0.2, 0.25) is 0 Å². The summed E-state index contributed by atoms with van der Waals surface area (Å²) in [6.07, 6.45) is 6.04. The van der Waals surface area contributed by atoms with Crippen LogP contribution in [0.15, 0.2) is 24.3 Å². The third-order valence-electron chi connectivity index (χ3n) is 18.7. The standard InChI is InChI=1S/C73H124N12O15S/c1-22-53-67(93)83(19)58(42-101-37-29-28-36-86)69(95)79(15)55(39-44(4)5)65(91)78-59(46(8)9)70(96)80(16)54(38-43(2)3)63(89)75-49(13)61(87)76-50(14)66(92)82(18)57(40-45(6)7)68(94)85(21)73(100)84(20)60(47(10)11)71(97)81(17)56(64(90)77-53)41-48(12)30-26-24-23-25-27-35-74-62(88)51-31-33-52(34-32-51)72(98)99/h31-34,43-50,53-60,86H,22-30,35-42H2,1-21H3,(H,74,88)(H,75,89)(H,76,87)(H,77,90)(H,78,91)(H,98,99)/t48-,49-,50+,53+,54-,55+,56?,57?,58-,59-,60+/m1/s1. The SMILES string of the molecule is CC[C@@H]1NC(=O)C(C[C@H](C)CCCCCCCNC(=O)c2ccc(C(=O)O)cc2)N(C)C(=O)[C@H](C(C)C)N(C)C(=O)N(C)C(=O)C(CC(C)C)N(C)C(=O)[C@H](C)NC(=O)[C@@H](C)NC(=O)[C@@H](CC(C)C)N(C)C(=O)[C@@H](C(C)C)NC(=O)[C@H](CC(C)C)N(C)C(=O)[C@@H](CSCCCCO)N(C)C1=O. The number of carboxylic acids is 1. The largest absolute Gasteiger partial charge is 0.478 e. The zero-order chi connectivity index (χ0) is 77.0. The van der Waals surface area contributed by atoms with Gasteiger partial charge in [0.25, 0.3) is 11.8 Å². The molecule has 1 heterocycles. The first-order chi connectivity index (χ1) is 47.2. The molecular weight excluding hydrogens is 1320 g/mol. The van der Waals surface area contributed by atoms with Gasteiger partial charge in [-0.3, -0.25) is 57.6 Å². The highest BCUT2D eigenvalue weighted by Gasteiger charge is 2.44. The molecule has 1 fully saturated rings. The molecule has 2 rings (SSSR count). The molecule has 0 bridgehead atoms. The molecular formula is C73H124N12O15S. The maximum atomic E-state index is 15.3. The molecule has 0 saturated carbocycles. The summed E-state index contributed by atoms with van der Waals surface area (Å²) in [5.41, 5.74) is 0.422. The quantitative estimate of drug-likeness (QED) is 0.0508. The summed E-state index contributed by atoms with van der Waals surface area (Å²) < 4.78 is 0. The normalized spacial score (nSPS) is 23.8. The Kier molecular flexibility index (Phi) is 38.7. The van der Waals surface area contributed by atoms with E-state index in [2.05, 4.69) is 26.6 Å². The number of likely N-dealkylation sites (N-methyl/N-ethyl adjacent to an activating group) is 7. The highest BCUT2D eigenvalue weighted by Crippen LogP contribution is 2.26. The number of unbranched alkanes of at least 4 members (excludes halogenated alkanes) is 5. The van der Waals surface area contributed by atoms with Crippen molar-refractivity contribution in [2.75, 3.05) is 74.0 Å². The molecule has 1 aliphatic rings. The van der Waals surface area contributed by atoms with Gasteiger partial charge in [-0.25, -0.2) is 9.59 Å². The molecule has 0 aliphatic carbocycles. The molecule has 1 aliphatic heterocycles. The van der Waals surface area contributed by atoms with Gasteiger partial charge in [-0.15, -0.1) is 0 Å². The molecule has 2 unspecified atom stereocenters. The molecule has 0 aromatic heterocycles. The first-order valence-corrected chi connectivity index (χ1v) is 37.2. The number of carbonyl (C=O) groups excluding carboxylic acids is 12. The first-order valence-electron chi connectivity index (χ1n) is 36.1. The molecule has 1 aromatic rings. The van der Waals surface area contributed by atoms with Crippen LogP contribution in [-0.4, -0.2) is 256 Å². The minimum atomic E-state index is -1.28. The van der Waals surface area contributed by atoms with Crippen molar-refractivity contribution in [2.45, 2.75) is 241 Å². The first kappa shape index (κ1) is 89.7. The zero-order valence-electron chi connectivity index (χ0n) is 64.3. The number of aliphatic hydroxyl groups excluding tert-OH is 1. The van der Waals surface area contributed by atoms with Gasteiger partial charge in [0.15, 0.2) is 0 Å². The number of aromatic carboxylic acids is 1. The van der Waals surface area contributed by atoms with Crippen LogP contribution in [0.1, 0.15) is 201 Å². The molecule has 1 aromatic carbocycles. The number of amides is 13. The Hall–Kier alpha value is -7.36. The van der Waals surface area contributed by atoms with Crippen molar-refractivity contribution < 1.29 is 72.5 Å². The second-order valence-electron chi connectivity index (χ2n) is 29.4. The van der Waals surface area contributed by atoms with E-state index in [9.17, 15) is 53.4 Å². The van der Waals surface area contributed by atoms with Crippen molar-refractivity contribution in [1.82, 2.24) is 60.9 Å². The van der Waals surface area contributed by atoms with Gasteiger partial charge in [-0.05, 0) is 131 Å². The number of thioether (sulfide) groups is 1. The van der Waals surface area contributed by atoms with Gasteiger partial charge in [0.2, 0.25) is 53.2 Å². The number of rotatable bonds is 27. The molecule has 1 saturated heterocycles. The molecule has 101 heavy (non-hydrogen) atoms. The van der Waals surface area contributed by atoms with Crippen molar-refractivity contribution in [1.29, 1.82) is 0 Å². The van der Waals surface area contributed by atoms with E-state index in [1.54, 1.807) is 34.6 Å². The number of urea groups is 1. The van der Waals surface area contributed by atoms with Crippen LogP contribution in [0.25, 0.3) is 0 Å². The van der Waals surface area contributed by atoms with E-state index >= 15 is 19.2 Å². The third kappa shape index (κ3) is 27.4. The number of nitrogens with zero attached hydrogens (tertiary/aromatic N) is 7. The van der Waals surface area contributed by atoms with Gasteiger partial charge in [0.05, 0.1) is 5.56 Å². The van der Waals surface area contributed by atoms with Crippen molar-refractivity contribution in [3.63, 3.8) is 0 Å². The maximum absolute atomic E-state index is 15.3. The van der Waals surface area contributed by atoms with Gasteiger partial charge >= 0.3 is 12.0 Å². The summed E-state index contributed by atoms with van der Waals surface area (Å²) in [7, 11) is 9.78. The van der Waals surface area contributed by atoms with Crippen molar-refractivity contribution in [3.8, 4) is 0 Å². The Morgan fingerprint density at radius 2 is 0.950 bits per heavy atom. The van der Waals surface area contributed by atoms with Crippen LogP contribution >= 0.6 is 11.8 Å². The van der Waals surface area contributed by atoms with E-state index in [-0.39, 0.29) is 79.6 Å². The number of carboxylic acid groups (broad SMARTS) is 1. The summed E-state index contributed by atoms with van der Waals surface area (Å²) in [5, 5.41) is 32.9. The summed E-state index contributed by atoms with van der Waals surface area (Å²) >= 11 is 1.37. The van der Waals surface area contributed by atoms with Gasteiger partial charge in [-0.2, -0.15) is 11.8 Å². The topological polar surface area (TPSA) is 345 Å². The Morgan fingerprint density at radius 3 is 1.48 bits per heavy atom. The second kappa shape index (κ2) is 43.6. The van der Waals surface area contributed by atoms with E-state index in [4.69, 9.17) is 0 Å².